The van der Waals surface area contributed by atoms with Gasteiger partial charge >= 0.3 is 6.29 Å². The van der Waals surface area contributed by atoms with Crippen LogP contribution in [0.2, 0.25) is 0 Å². The molecule has 0 aliphatic carbocycles. The zero-order valence-electron chi connectivity index (χ0n) is 7.11. The number of alkyl halides is 2. The molecule has 14 heavy (non-hydrogen) atoms. The second-order valence-electron chi connectivity index (χ2n) is 2.90. The second-order valence-corrected chi connectivity index (χ2v) is 3.69. The minimum Gasteiger partial charge on any atom is -0.398 e. The van der Waals surface area contributed by atoms with Crippen molar-refractivity contribution in [3.05, 3.63) is 16.1 Å². The maximum Gasteiger partial charge on any atom is 0.586 e. The van der Waals surface area contributed by atoms with Crippen molar-refractivity contribution in [2.75, 3.05) is 5.73 Å². The van der Waals surface area contributed by atoms with Crippen molar-refractivity contribution in [3.8, 4) is 11.5 Å². The number of benzene rings is 1. The Balaban J connectivity index is 2.59. The van der Waals surface area contributed by atoms with Gasteiger partial charge in [0.1, 0.15) is 0 Å². The summed E-state index contributed by atoms with van der Waals surface area (Å²) < 4.78 is 34.5. The normalized spacial score (nSPS) is 17.1. The lowest BCUT2D eigenvalue weighted by molar-refractivity contribution is -0.286. The van der Waals surface area contributed by atoms with E-state index >= 15 is 0 Å². The van der Waals surface area contributed by atoms with Crippen molar-refractivity contribution in [2.24, 2.45) is 0 Å². The van der Waals surface area contributed by atoms with Crippen LogP contribution < -0.4 is 15.2 Å². The molecule has 1 aliphatic heterocycles. The van der Waals surface area contributed by atoms with Gasteiger partial charge in [0, 0.05) is 16.1 Å². The maximum absolute atomic E-state index is 12.7. The van der Waals surface area contributed by atoms with Crippen molar-refractivity contribution in [1.82, 2.24) is 0 Å². The lowest BCUT2D eigenvalue weighted by atomic mass is 10.2. The Hall–Kier alpha value is -1.04. The molecule has 0 atom stereocenters. The summed E-state index contributed by atoms with van der Waals surface area (Å²) in [6.45, 7) is 1.62. The Morgan fingerprint density at radius 3 is 2.71 bits per heavy atom. The molecule has 1 heterocycles. The zero-order valence-corrected chi connectivity index (χ0v) is 8.69. The van der Waals surface area contributed by atoms with E-state index in [0.717, 1.165) is 0 Å². The van der Waals surface area contributed by atoms with Gasteiger partial charge < -0.3 is 15.2 Å². The molecule has 0 saturated carbocycles. The minimum absolute atomic E-state index is 0.0241. The molecule has 76 valence electrons. The Morgan fingerprint density at radius 1 is 1.43 bits per heavy atom. The topological polar surface area (TPSA) is 44.5 Å². The molecule has 1 aromatic carbocycles. The Labute approximate surface area is 86.9 Å². The number of hydrogen-bond donors (Lipinski definition) is 1. The molecule has 0 saturated heterocycles. The maximum atomic E-state index is 12.7. The molecule has 1 aliphatic rings. The fourth-order valence-electron chi connectivity index (χ4n) is 1.24. The SMILES string of the molecule is Cc1c(Br)c(N)cc2c1OC(F)(F)O2. The number of ether oxygens (including phenoxy) is 2. The van der Waals surface area contributed by atoms with E-state index in [-0.39, 0.29) is 11.5 Å². The molecule has 1 aromatic rings. The molecule has 0 fully saturated rings. The second kappa shape index (κ2) is 2.73. The van der Waals surface area contributed by atoms with Crippen LogP contribution in [-0.4, -0.2) is 6.29 Å². The van der Waals surface area contributed by atoms with E-state index in [1.54, 1.807) is 6.92 Å². The first-order chi connectivity index (χ1) is 6.41. The van der Waals surface area contributed by atoms with Crippen molar-refractivity contribution in [3.63, 3.8) is 0 Å². The number of halogens is 3. The van der Waals surface area contributed by atoms with Gasteiger partial charge in [-0.25, -0.2) is 0 Å². The molecule has 2 rings (SSSR count). The van der Waals surface area contributed by atoms with Gasteiger partial charge in [0.2, 0.25) is 0 Å². The number of nitrogens with two attached hydrogens (primary N) is 1. The molecular formula is C8H6BrF2NO2. The quantitative estimate of drug-likeness (QED) is 0.734. The predicted octanol–water partition coefficient (Wildman–Crippen LogP) is 2.66. The van der Waals surface area contributed by atoms with Crippen molar-refractivity contribution in [2.45, 2.75) is 13.2 Å². The Kier molecular flexibility index (Phi) is 1.85. The van der Waals surface area contributed by atoms with Crippen LogP contribution in [0.25, 0.3) is 0 Å². The Bertz CT molecular complexity index is 409. The van der Waals surface area contributed by atoms with Crippen LogP contribution >= 0.6 is 15.9 Å². The van der Waals surface area contributed by atoms with Crippen LogP contribution in [0.4, 0.5) is 14.5 Å². The van der Waals surface area contributed by atoms with Crippen LogP contribution in [0.1, 0.15) is 5.56 Å². The van der Waals surface area contributed by atoms with Gasteiger partial charge in [-0.3, -0.25) is 0 Å². The van der Waals surface area contributed by atoms with Crippen LogP contribution in [0.5, 0.6) is 11.5 Å². The fourth-order valence-corrected chi connectivity index (χ4v) is 1.54. The van der Waals surface area contributed by atoms with E-state index in [4.69, 9.17) is 5.73 Å². The molecule has 0 unspecified atom stereocenters. The molecule has 0 aromatic heterocycles. The summed E-state index contributed by atoms with van der Waals surface area (Å²) in [5.41, 5.74) is 6.39. The Morgan fingerprint density at radius 2 is 2.07 bits per heavy atom. The molecule has 2 N–H and O–H groups in total. The highest BCUT2D eigenvalue weighted by atomic mass is 79.9. The molecule has 3 nitrogen and oxygen atoms in total. The third-order valence-electron chi connectivity index (χ3n) is 1.88. The summed E-state index contributed by atoms with van der Waals surface area (Å²) in [5.74, 6) is -0.00993. The summed E-state index contributed by atoms with van der Waals surface area (Å²) in [4.78, 5) is 0. The highest BCUT2D eigenvalue weighted by molar-refractivity contribution is 9.10. The van der Waals surface area contributed by atoms with Crippen LogP contribution in [-0.2, 0) is 0 Å². The molecule has 6 heteroatoms. The molecule has 0 amide bonds. The first-order valence-electron chi connectivity index (χ1n) is 3.75. The zero-order chi connectivity index (χ0) is 10.5. The molecule has 0 bridgehead atoms. The number of hydrogen-bond acceptors (Lipinski definition) is 3. The average molecular weight is 266 g/mol. The first-order valence-corrected chi connectivity index (χ1v) is 4.54. The lowest BCUT2D eigenvalue weighted by Crippen LogP contribution is -2.26. The third kappa shape index (κ3) is 1.30. The van der Waals surface area contributed by atoms with E-state index in [1.807, 2.05) is 0 Å². The fraction of sp³-hybridized carbons (Fsp3) is 0.250. The van der Waals surface area contributed by atoms with Crippen LogP contribution in [0.15, 0.2) is 10.5 Å². The van der Waals surface area contributed by atoms with Gasteiger partial charge in [-0.05, 0) is 22.9 Å². The summed E-state index contributed by atoms with van der Waals surface area (Å²) in [5, 5.41) is 0. The predicted molar refractivity (Wildman–Crippen MR) is 49.5 cm³/mol. The average Bonchev–Trinajstić information content (AvgIpc) is 2.37. The number of nitrogen functional groups attached to an aromatic ring is 1. The van der Waals surface area contributed by atoms with Gasteiger partial charge in [0.05, 0.1) is 5.69 Å². The smallest absolute Gasteiger partial charge is 0.398 e. The summed E-state index contributed by atoms with van der Waals surface area (Å²) >= 11 is 3.16. The molecule has 0 spiro atoms. The van der Waals surface area contributed by atoms with E-state index < -0.39 is 6.29 Å². The van der Waals surface area contributed by atoms with Gasteiger partial charge in [-0.1, -0.05) is 0 Å². The highest BCUT2D eigenvalue weighted by Crippen LogP contribution is 2.47. The molecule has 0 radical (unpaired) electrons. The van der Waals surface area contributed by atoms with Crippen LogP contribution in [0, 0.1) is 6.92 Å². The number of fused-ring (bicyclic) bond motifs is 1. The largest absolute Gasteiger partial charge is 0.586 e. The van der Waals surface area contributed by atoms with Gasteiger partial charge in [-0.15, -0.1) is 8.78 Å². The first kappa shape index (κ1) is 9.51. The van der Waals surface area contributed by atoms with Crippen molar-refractivity contribution < 1.29 is 18.3 Å². The third-order valence-corrected chi connectivity index (χ3v) is 2.94. The van der Waals surface area contributed by atoms with Crippen LogP contribution in [0.3, 0.4) is 0 Å². The summed E-state index contributed by atoms with van der Waals surface area (Å²) in [6, 6.07) is 1.30. The number of rotatable bonds is 0. The van der Waals surface area contributed by atoms with E-state index in [2.05, 4.69) is 25.4 Å². The van der Waals surface area contributed by atoms with Gasteiger partial charge in [0.15, 0.2) is 11.5 Å². The molecular weight excluding hydrogens is 260 g/mol. The van der Waals surface area contributed by atoms with E-state index in [0.29, 0.717) is 15.7 Å². The summed E-state index contributed by atoms with van der Waals surface area (Å²) in [6.07, 6.45) is -3.60. The summed E-state index contributed by atoms with van der Waals surface area (Å²) in [7, 11) is 0. The van der Waals surface area contributed by atoms with Crippen molar-refractivity contribution in [1.29, 1.82) is 0 Å². The standard InChI is InChI=1S/C8H6BrF2NO2/c1-3-6(9)4(12)2-5-7(3)14-8(10,11)13-5/h2H,12H2,1H3. The lowest BCUT2D eigenvalue weighted by Gasteiger charge is -2.06. The number of anilines is 1. The van der Waals surface area contributed by atoms with E-state index in [1.165, 1.54) is 6.07 Å². The van der Waals surface area contributed by atoms with Gasteiger partial charge in [0.25, 0.3) is 0 Å². The van der Waals surface area contributed by atoms with E-state index in [9.17, 15) is 8.78 Å². The van der Waals surface area contributed by atoms with Crippen molar-refractivity contribution >= 4 is 21.6 Å². The van der Waals surface area contributed by atoms with Gasteiger partial charge in [-0.2, -0.15) is 0 Å². The monoisotopic (exact) mass is 265 g/mol. The highest BCUT2D eigenvalue weighted by Gasteiger charge is 2.44. The minimum atomic E-state index is -3.60.